The number of hydrogen-bond acceptors (Lipinski definition) is 3. The molecule has 1 N–H and O–H groups in total. The minimum Gasteiger partial charge on any atom is -0.343 e. The van der Waals surface area contributed by atoms with E-state index >= 15 is 0 Å². The highest BCUT2D eigenvalue weighted by molar-refractivity contribution is 9.10. The third-order valence-electron chi connectivity index (χ3n) is 3.44. The minimum atomic E-state index is -0.449. The normalized spacial score (nSPS) is 22.9. The van der Waals surface area contributed by atoms with Crippen LogP contribution in [0.3, 0.4) is 0 Å². The predicted molar refractivity (Wildman–Crippen MR) is 78.8 cm³/mol. The number of nitrogens with zero attached hydrogens (tertiary/aromatic N) is 2. The van der Waals surface area contributed by atoms with E-state index in [9.17, 15) is 9.59 Å². The van der Waals surface area contributed by atoms with Crippen molar-refractivity contribution in [2.75, 3.05) is 0 Å². The van der Waals surface area contributed by atoms with Crippen LogP contribution < -0.4 is 5.32 Å². The summed E-state index contributed by atoms with van der Waals surface area (Å²) < 4.78 is 0.863. The molecular formula is C14H18BrN3O2. The van der Waals surface area contributed by atoms with Gasteiger partial charge >= 0.3 is 0 Å². The van der Waals surface area contributed by atoms with Crippen LogP contribution in [0.25, 0.3) is 0 Å². The molecule has 1 saturated heterocycles. The Morgan fingerprint density at radius 1 is 1.40 bits per heavy atom. The molecule has 1 aliphatic heterocycles. The zero-order valence-electron chi connectivity index (χ0n) is 11.6. The average molecular weight is 340 g/mol. The van der Waals surface area contributed by atoms with Crippen LogP contribution in [0.15, 0.2) is 22.9 Å². The SMILES string of the molecule is CCCC1NC(=O)C(C)N(Cc2cncc(Br)c2)C1=O. The highest BCUT2D eigenvalue weighted by atomic mass is 79.9. The molecule has 0 aliphatic carbocycles. The molecule has 20 heavy (non-hydrogen) atoms. The lowest BCUT2D eigenvalue weighted by molar-refractivity contribution is -0.149. The third kappa shape index (κ3) is 3.17. The number of amides is 2. The number of pyridine rings is 1. The summed E-state index contributed by atoms with van der Waals surface area (Å²) in [6.07, 6.45) is 4.94. The van der Waals surface area contributed by atoms with E-state index in [4.69, 9.17) is 0 Å². The smallest absolute Gasteiger partial charge is 0.246 e. The van der Waals surface area contributed by atoms with Gasteiger partial charge in [0.25, 0.3) is 0 Å². The molecule has 6 heteroatoms. The van der Waals surface area contributed by atoms with Crippen LogP contribution in [0.2, 0.25) is 0 Å². The van der Waals surface area contributed by atoms with Crippen LogP contribution in [0.5, 0.6) is 0 Å². The van der Waals surface area contributed by atoms with Gasteiger partial charge in [-0.1, -0.05) is 13.3 Å². The van der Waals surface area contributed by atoms with Crippen LogP contribution in [-0.2, 0) is 16.1 Å². The van der Waals surface area contributed by atoms with Gasteiger partial charge in [0, 0.05) is 23.4 Å². The molecule has 0 bridgehead atoms. The molecule has 1 aliphatic rings. The summed E-state index contributed by atoms with van der Waals surface area (Å²) in [4.78, 5) is 30.1. The maximum Gasteiger partial charge on any atom is 0.246 e. The Balaban J connectivity index is 2.18. The number of piperazine rings is 1. The third-order valence-corrected chi connectivity index (χ3v) is 3.87. The van der Waals surface area contributed by atoms with E-state index in [2.05, 4.69) is 26.2 Å². The van der Waals surface area contributed by atoms with E-state index in [-0.39, 0.29) is 11.8 Å². The second-order valence-electron chi connectivity index (χ2n) is 5.00. The molecule has 108 valence electrons. The van der Waals surface area contributed by atoms with Gasteiger partial charge in [0.05, 0.1) is 0 Å². The van der Waals surface area contributed by atoms with Crippen molar-refractivity contribution in [3.8, 4) is 0 Å². The number of carbonyl (C=O) groups is 2. The lowest BCUT2D eigenvalue weighted by Gasteiger charge is -2.37. The molecule has 1 aromatic heterocycles. The van der Waals surface area contributed by atoms with Gasteiger partial charge in [0.2, 0.25) is 11.8 Å². The number of aromatic nitrogens is 1. The fraction of sp³-hybridized carbons (Fsp3) is 0.500. The van der Waals surface area contributed by atoms with Crippen LogP contribution in [0, 0.1) is 0 Å². The largest absolute Gasteiger partial charge is 0.343 e. The standard InChI is InChI=1S/C14H18BrN3O2/c1-3-4-12-14(20)18(9(2)13(19)17-12)8-10-5-11(15)7-16-6-10/h5-7,9,12H,3-4,8H2,1-2H3,(H,17,19). The van der Waals surface area contributed by atoms with Crippen molar-refractivity contribution in [2.45, 2.75) is 45.3 Å². The van der Waals surface area contributed by atoms with Gasteiger partial charge in [-0.05, 0) is 40.9 Å². The van der Waals surface area contributed by atoms with E-state index < -0.39 is 12.1 Å². The maximum atomic E-state index is 12.4. The number of halogens is 1. The second kappa shape index (κ2) is 6.35. The number of rotatable bonds is 4. The fourth-order valence-corrected chi connectivity index (χ4v) is 2.74. The average Bonchev–Trinajstić information content (AvgIpc) is 2.41. The van der Waals surface area contributed by atoms with Crippen molar-refractivity contribution in [3.63, 3.8) is 0 Å². The molecular weight excluding hydrogens is 322 g/mol. The van der Waals surface area contributed by atoms with E-state index in [1.807, 2.05) is 13.0 Å². The number of hydrogen-bond donors (Lipinski definition) is 1. The molecule has 5 nitrogen and oxygen atoms in total. The maximum absolute atomic E-state index is 12.4. The van der Waals surface area contributed by atoms with Crippen molar-refractivity contribution in [3.05, 3.63) is 28.5 Å². The van der Waals surface area contributed by atoms with Crippen molar-refractivity contribution in [1.82, 2.24) is 15.2 Å². The van der Waals surface area contributed by atoms with Gasteiger partial charge in [0.1, 0.15) is 12.1 Å². The Bertz CT molecular complexity index is 521. The molecule has 2 atom stereocenters. The number of nitrogens with one attached hydrogen (secondary N) is 1. The first-order valence-electron chi connectivity index (χ1n) is 6.73. The predicted octanol–water partition coefficient (Wildman–Crippen LogP) is 1.86. The fourth-order valence-electron chi connectivity index (χ4n) is 2.32. The van der Waals surface area contributed by atoms with Crippen LogP contribution in [0.4, 0.5) is 0 Å². The van der Waals surface area contributed by atoms with Gasteiger partial charge in [-0.3, -0.25) is 14.6 Å². The summed E-state index contributed by atoms with van der Waals surface area (Å²) in [5.41, 5.74) is 0.907. The van der Waals surface area contributed by atoms with E-state index in [0.717, 1.165) is 16.5 Å². The molecule has 1 fully saturated rings. The highest BCUT2D eigenvalue weighted by Crippen LogP contribution is 2.18. The Hall–Kier alpha value is -1.43. The summed E-state index contributed by atoms with van der Waals surface area (Å²) >= 11 is 3.36. The highest BCUT2D eigenvalue weighted by Gasteiger charge is 2.37. The van der Waals surface area contributed by atoms with Gasteiger partial charge in [-0.25, -0.2) is 0 Å². The Kier molecular flexibility index (Phi) is 4.75. The first kappa shape index (κ1) is 15.0. The molecule has 2 heterocycles. The summed E-state index contributed by atoms with van der Waals surface area (Å²) in [5.74, 6) is -0.107. The van der Waals surface area contributed by atoms with Gasteiger partial charge in [-0.2, -0.15) is 0 Å². The monoisotopic (exact) mass is 339 g/mol. The van der Waals surface area contributed by atoms with Crippen molar-refractivity contribution in [1.29, 1.82) is 0 Å². The second-order valence-corrected chi connectivity index (χ2v) is 5.92. The lowest BCUT2D eigenvalue weighted by atomic mass is 10.0. The summed E-state index contributed by atoms with van der Waals surface area (Å²) in [5, 5.41) is 2.79. The zero-order valence-corrected chi connectivity index (χ0v) is 13.2. The van der Waals surface area contributed by atoms with E-state index in [1.165, 1.54) is 0 Å². The zero-order chi connectivity index (χ0) is 14.7. The van der Waals surface area contributed by atoms with Crippen LogP contribution in [-0.4, -0.2) is 33.8 Å². The molecule has 0 aromatic carbocycles. The van der Waals surface area contributed by atoms with Gasteiger partial charge < -0.3 is 10.2 Å². The first-order chi connectivity index (χ1) is 9.52. The molecule has 2 rings (SSSR count). The quantitative estimate of drug-likeness (QED) is 0.910. The van der Waals surface area contributed by atoms with Crippen molar-refractivity contribution in [2.24, 2.45) is 0 Å². The van der Waals surface area contributed by atoms with Gasteiger partial charge in [-0.15, -0.1) is 0 Å². The summed E-state index contributed by atoms with van der Waals surface area (Å²) in [6, 6.07) is 1.06. The first-order valence-corrected chi connectivity index (χ1v) is 7.52. The molecule has 0 saturated carbocycles. The topological polar surface area (TPSA) is 62.3 Å². The van der Waals surface area contributed by atoms with E-state index in [1.54, 1.807) is 24.2 Å². The molecule has 2 unspecified atom stereocenters. The van der Waals surface area contributed by atoms with E-state index in [0.29, 0.717) is 13.0 Å². The Labute approximate surface area is 126 Å². The van der Waals surface area contributed by atoms with Crippen LogP contribution in [0.1, 0.15) is 32.3 Å². The Morgan fingerprint density at radius 2 is 2.15 bits per heavy atom. The Morgan fingerprint density at radius 3 is 2.80 bits per heavy atom. The van der Waals surface area contributed by atoms with Crippen molar-refractivity contribution < 1.29 is 9.59 Å². The summed E-state index contributed by atoms with van der Waals surface area (Å²) in [6.45, 7) is 4.15. The molecule has 1 aromatic rings. The molecule has 2 amide bonds. The van der Waals surface area contributed by atoms with Crippen molar-refractivity contribution >= 4 is 27.7 Å². The van der Waals surface area contributed by atoms with Gasteiger partial charge in [0.15, 0.2) is 0 Å². The number of carbonyl (C=O) groups excluding carboxylic acids is 2. The lowest BCUT2D eigenvalue weighted by Crippen LogP contribution is -2.61. The summed E-state index contributed by atoms with van der Waals surface area (Å²) in [7, 11) is 0. The molecule has 0 radical (unpaired) electrons. The molecule has 0 spiro atoms. The van der Waals surface area contributed by atoms with Crippen LogP contribution >= 0.6 is 15.9 Å². The minimum absolute atomic E-state index is 0.0149.